The molecule has 0 bridgehead atoms. The number of para-hydroxylation sites is 1. The molecule has 1 fully saturated rings. The highest BCUT2D eigenvalue weighted by molar-refractivity contribution is 7.98. The maximum Gasteiger partial charge on any atom is 0.274 e. The quantitative estimate of drug-likeness (QED) is 0.184. The van der Waals surface area contributed by atoms with E-state index in [1.807, 2.05) is 6.07 Å². The van der Waals surface area contributed by atoms with E-state index >= 15 is 0 Å². The molecule has 9 heteroatoms. The third-order valence-electron chi connectivity index (χ3n) is 5.38. The van der Waals surface area contributed by atoms with Gasteiger partial charge in [-0.25, -0.2) is 15.4 Å². The van der Waals surface area contributed by atoms with E-state index in [1.54, 1.807) is 29.7 Å². The molecule has 166 valence electrons. The number of aromatic nitrogens is 2. The lowest BCUT2D eigenvalue weighted by atomic mass is 10.1. The first kappa shape index (κ1) is 22.4. The Morgan fingerprint density at radius 1 is 1.06 bits per heavy atom. The lowest BCUT2D eigenvalue weighted by Crippen LogP contribution is -2.47. The van der Waals surface area contributed by atoms with Crippen molar-refractivity contribution in [2.24, 2.45) is 0 Å². The van der Waals surface area contributed by atoms with Crippen LogP contribution in [0.3, 0.4) is 0 Å². The predicted molar refractivity (Wildman–Crippen MR) is 128 cm³/mol. The Morgan fingerprint density at radius 3 is 2.56 bits per heavy atom. The highest BCUT2D eigenvalue weighted by Gasteiger charge is 2.20. The van der Waals surface area contributed by atoms with Gasteiger partial charge in [0.05, 0.1) is 0 Å². The Labute approximate surface area is 196 Å². The number of rotatable bonds is 6. The monoisotopic (exact) mass is 469 g/mol. The van der Waals surface area contributed by atoms with E-state index in [4.69, 9.17) is 21.8 Å². The highest BCUT2D eigenvalue weighted by atomic mass is 35.5. The molecule has 1 aliphatic rings. The van der Waals surface area contributed by atoms with Gasteiger partial charge >= 0.3 is 0 Å². The molecule has 1 saturated heterocycles. The summed E-state index contributed by atoms with van der Waals surface area (Å²) in [7, 11) is 0. The second-order valence-corrected chi connectivity index (χ2v) is 8.85. The summed E-state index contributed by atoms with van der Waals surface area (Å²) in [5.74, 6) is 0.862. The summed E-state index contributed by atoms with van der Waals surface area (Å²) in [5, 5.41) is 9.82. The van der Waals surface area contributed by atoms with Gasteiger partial charge in [0.1, 0.15) is 11.0 Å². The van der Waals surface area contributed by atoms with Crippen LogP contribution in [0.4, 0.5) is 11.5 Å². The first-order valence-electron chi connectivity index (χ1n) is 10.3. The Balaban J connectivity index is 1.41. The fraction of sp³-hybridized carbons (Fsp3) is 0.261. The normalized spacial score (nSPS) is 13.8. The number of benzene rings is 2. The maximum absolute atomic E-state index is 11.6. The Morgan fingerprint density at radius 2 is 1.81 bits per heavy atom. The molecule has 1 aliphatic heterocycles. The third-order valence-corrected chi connectivity index (χ3v) is 6.49. The molecule has 2 heterocycles. The maximum atomic E-state index is 11.6. The van der Waals surface area contributed by atoms with E-state index in [1.165, 1.54) is 23.0 Å². The van der Waals surface area contributed by atoms with Crippen LogP contribution in [0.15, 0.2) is 59.8 Å². The minimum Gasteiger partial charge on any atom is -0.368 e. The number of aryl methyl sites for hydroxylation is 1. The Bertz CT molecular complexity index is 1110. The first-order valence-corrected chi connectivity index (χ1v) is 11.7. The van der Waals surface area contributed by atoms with E-state index < -0.39 is 5.91 Å². The molecular weight excluding hydrogens is 446 g/mol. The lowest BCUT2D eigenvalue weighted by molar-refractivity contribution is 0.0706. The zero-order valence-corrected chi connectivity index (χ0v) is 19.2. The van der Waals surface area contributed by atoms with Crippen molar-refractivity contribution in [2.45, 2.75) is 17.8 Å². The fourth-order valence-electron chi connectivity index (χ4n) is 3.72. The average molecular weight is 470 g/mol. The Kier molecular flexibility index (Phi) is 7.14. The molecule has 7 nitrogen and oxygen atoms in total. The second-order valence-electron chi connectivity index (χ2n) is 7.52. The van der Waals surface area contributed by atoms with Gasteiger partial charge in [0.15, 0.2) is 5.16 Å². The van der Waals surface area contributed by atoms with E-state index in [2.05, 4.69) is 46.0 Å². The number of piperazine rings is 1. The molecule has 1 amide bonds. The Hall–Kier alpha value is -2.81. The third kappa shape index (κ3) is 5.32. The van der Waals surface area contributed by atoms with Gasteiger partial charge in [-0.15, -0.1) is 0 Å². The van der Waals surface area contributed by atoms with Crippen molar-refractivity contribution < 1.29 is 10.0 Å². The standard InChI is InChI=1S/C23H24ClN5O2S/c1-16-5-2-3-8-19(16)28-9-11-29(12-10-28)21-14-20(24)25-23(26-21)32-15-17-6-4-7-18(13-17)22(30)27-31/h2-8,13-14,31H,9-12,15H2,1H3,(H,27,30). The van der Waals surface area contributed by atoms with Crippen molar-refractivity contribution in [2.75, 3.05) is 36.0 Å². The summed E-state index contributed by atoms with van der Waals surface area (Å²) >= 11 is 7.75. The molecule has 3 aromatic rings. The number of thioether (sulfide) groups is 1. The van der Waals surface area contributed by atoms with Crippen LogP contribution < -0.4 is 15.3 Å². The van der Waals surface area contributed by atoms with Gasteiger partial charge in [-0.3, -0.25) is 10.0 Å². The van der Waals surface area contributed by atoms with Crippen LogP contribution in [0.25, 0.3) is 0 Å². The van der Waals surface area contributed by atoms with Gasteiger partial charge in [-0.1, -0.05) is 53.7 Å². The van der Waals surface area contributed by atoms with Crippen LogP contribution in [0, 0.1) is 6.92 Å². The first-order chi connectivity index (χ1) is 15.5. The molecule has 0 unspecified atom stereocenters. The van der Waals surface area contributed by atoms with Crippen LogP contribution in [-0.4, -0.2) is 47.3 Å². The summed E-state index contributed by atoms with van der Waals surface area (Å²) in [6.45, 7) is 5.67. The van der Waals surface area contributed by atoms with Crippen molar-refractivity contribution in [1.82, 2.24) is 15.4 Å². The predicted octanol–water partition coefficient (Wildman–Crippen LogP) is 4.18. The average Bonchev–Trinajstić information content (AvgIpc) is 2.82. The van der Waals surface area contributed by atoms with Crippen molar-refractivity contribution in [1.29, 1.82) is 0 Å². The summed E-state index contributed by atoms with van der Waals surface area (Å²) < 4.78 is 0. The van der Waals surface area contributed by atoms with E-state index in [9.17, 15) is 4.79 Å². The summed E-state index contributed by atoms with van der Waals surface area (Å²) in [5.41, 5.74) is 5.53. The van der Waals surface area contributed by atoms with Crippen LogP contribution in [0.1, 0.15) is 21.5 Å². The van der Waals surface area contributed by atoms with Gasteiger partial charge in [0.2, 0.25) is 0 Å². The van der Waals surface area contributed by atoms with Crippen molar-refractivity contribution >= 4 is 40.8 Å². The largest absolute Gasteiger partial charge is 0.368 e. The highest BCUT2D eigenvalue weighted by Crippen LogP contribution is 2.27. The topological polar surface area (TPSA) is 81.6 Å². The number of hydrogen-bond donors (Lipinski definition) is 2. The smallest absolute Gasteiger partial charge is 0.274 e. The molecular formula is C23H24ClN5O2S. The number of anilines is 2. The molecule has 0 aliphatic carbocycles. The zero-order chi connectivity index (χ0) is 22.5. The van der Waals surface area contributed by atoms with E-state index in [0.717, 1.165) is 37.6 Å². The van der Waals surface area contributed by atoms with Crippen LogP contribution in [0.5, 0.6) is 0 Å². The number of nitrogens with zero attached hydrogens (tertiary/aromatic N) is 4. The zero-order valence-electron chi connectivity index (χ0n) is 17.7. The number of halogens is 1. The molecule has 4 rings (SSSR count). The van der Waals surface area contributed by atoms with Gasteiger partial charge in [0, 0.05) is 49.2 Å². The number of hydroxylamine groups is 1. The summed E-state index contributed by atoms with van der Waals surface area (Å²) in [6.07, 6.45) is 0. The van der Waals surface area contributed by atoms with Gasteiger partial charge in [-0.2, -0.15) is 0 Å². The minimum atomic E-state index is -0.539. The van der Waals surface area contributed by atoms with E-state index in [-0.39, 0.29) is 0 Å². The molecule has 32 heavy (non-hydrogen) atoms. The van der Waals surface area contributed by atoms with Gasteiger partial charge in [0.25, 0.3) is 5.91 Å². The van der Waals surface area contributed by atoms with Gasteiger partial charge in [-0.05, 0) is 36.2 Å². The van der Waals surface area contributed by atoms with Crippen LogP contribution in [-0.2, 0) is 5.75 Å². The number of carbonyl (C=O) groups excluding carboxylic acids is 1. The number of nitrogens with one attached hydrogen (secondary N) is 1. The summed E-state index contributed by atoms with van der Waals surface area (Å²) in [6, 6.07) is 17.3. The van der Waals surface area contributed by atoms with Crippen molar-refractivity contribution in [3.63, 3.8) is 0 Å². The minimum absolute atomic E-state index is 0.393. The molecule has 1 aromatic heterocycles. The fourth-order valence-corrected chi connectivity index (χ4v) is 4.75. The van der Waals surface area contributed by atoms with E-state index in [0.29, 0.717) is 21.6 Å². The molecule has 0 saturated carbocycles. The number of carbonyl (C=O) groups is 1. The van der Waals surface area contributed by atoms with Crippen molar-refractivity contribution in [3.05, 3.63) is 76.4 Å². The SMILES string of the molecule is Cc1ccccc1N1CCN(c2cc(Cl)nc(SCc3cccc(C(=O)NO)c3)n2)CC1. The number of hydrogen-bond acceptors (Lipinski definition) is 7. The van der Waals surface area contributed by atoms with Crippen molar-refractivity contribution in [3.8, 4) is 0 Å². The molecule has 2 N–H and O–H groups in total. The van der Waals surface area contributed by atoms with Crippen LogP contribution >= 0.6 is 23.4 Å². The molecule has 0 spiro atoms. The second kappa shape index (κ2) is 10.2. The summed E-state index contributed by atoms with van der Waals surface area (Å²) in [4.78, 5) is 25.3. The molecule has 2 aromatic carbocycles. The molecule has 0 radical (unpaired) electrons. The number of amides is 1. The van der Waals surface area contributed by atoms with Crippen LogP contribution in [0.2, 0.25) is 5.15 Å². The van der Waals surface area contributed by atoms with Gasteiger partial charge < -0.3 is 9.80 Å². The lowest BCUT2D eigenvalue weighted by Gasteiger charge is -2.37. The molecule has 0 atom stereocenters.